The van der Waals surface area contributed by atoms with Crippen LogP contribution in [0.25, 0.3) is 0 Å². The second kappa shape index (κ2) is 7.81. The predicted molar refractivity (Wildman–Crippen MR) is 47.3 cm³/mol. The number of hydrogen-bond donors (Lipinski definition) is 2. The van der Waals surface area contributed by atoms with Crippen LogP contribution in [0.2, 0.25) is 0 Å². The number of hydrogen-bond acceptors (Lipinski definition) is 3. The van der Waals surface area contributed by atoms with E-state index in [4.69, 9.17) is 10.8 Å². The van der Waals surface area contributed by atoms with E-state index in [1.54, 1.807) is 0 Å². The summed E-state index contributed by atoms with van der Waals surface area (Å²) in [5.41, 5.74) is 5.08. The Balaban J connectivity index is 0. The Labute approximate surface area is 91.0 Å². The van der Waals surface area contributed by atoms with E-state index in [0.717, 1.165) is 0 Å². The second-order valence-electron chi connectivity index (χ2n) is 1.31. The summed E-state index contributed by atoms with van der Waals surface area (Å²) in [7, 11) is 0. The van der Waals surface area contributed by atoms with Gasteiger partial charge in [-0.05, 0) is 0 Å². The molecule has 0 heterocycles. The summed E-state index contributed by atoms with van der Waals surface area (Å²) in [6.07, 6.45) is 0.113. The molecule has 0 aromatic rings. The molecule has 3 N–H and O–H groups in total. The maximum atomic E-state index is 9.88. The van der Waals surface area contributed by atoms with Crippen molar-refractivity contribution in [1.29, 1.82) is 0 Å². The van der Waals surface area contributed by atoms with E-state index >= 15 is 0 Å². The van der Waals surface area contributed by atoms with Crippen molar-refractivity contribution in [2.75, 3.05) is 5.75 Å². The van der Waals surface area contributed by atoms with Crippen molar-refractivity contribution < 1.29 is 9.90 Å². The Hall–Kier alpha value is 0.710. The van der Waals surface area contributed by atoms with Gasteiger partial charge in [-0.25, -0.2) is 0 Å². The van der Waals surface area contributed by atoms with Gasteiger partial charge in [-0.3, -0.25) is 4.79 Å². The van der Waals surface area contributed by atoms with Crippen molar-refractivity contribution in [2.45, 2.75) is 6.42 Å². The normalized spacial score (nSPS) is 8.00. The van der Waals surface area contributed by atoms with E-state index in [1.807, 2.05) is 0 Å². The fraction of sp³-hybridized carbons (Fsp3) is 0.500. The molecule has 0 aliphatic carbocycles. The molecule has 0 aliphatic heterocycles. The van der Waals surface area contributed by atoms with Gasteiger partial charge in [-0.15, -0.1) is 0 Å². The minimum absolute atomic E-state index is 0. The SMILES string of the molecule is NC(=S)SCCC(=O)O.[Na]. The van der Waals surface area contributed by atoms with Crippen LogP contribution in [0.1, 0.15) is 6.42 Å². The summed E-state index contributed by atoms with van der Waals surface area (Å²) in [5, 5.41) is 8.13. The largest absolute Gasteiger partial charge is 0.481 e. The number of rotatable bonds is 3. The van der Waals surface area contributed by atoms with E-state index in [2.05, 4.69) is 12.2 Å². The summed E-state index contributed by atoms with van der Waals surface area (Å²) in [6, 6.07) is 0. The number of thioether (sulfide) groups is 1. The molecule has 0 rings (SSSR count). The molecule has 0 aliphatic rings. The van der Waals surface area contributed by atoms with Crippen LogP contribution < -0.4 is 5.73 Å². The summed E-state index contributed by atoms with van der Waals surface area (Å²) in [4.78, 5) is 9.88. The van der Waals surface area contributed by atoms with Gasteiger partial charge in [0.05, 0.1) is 6.42 Å². The van der Waals surface area contributed by atoms with Gasteiger partial charge in [-0.2, -0.15) is 0 Å². The van der Waals surface area contributed by atoms with Gasteiger partial charge in [-0.1, -0.05) is 24.0 Å². The Morgan fingerprint density at radius 2 is 2.20 bits per heavy atom. The first-order chi connectivity index (χ1) is 4.13. The number of aliphatic carboxylic acids is 1. The van der Waals surface area contributed by atoms with Gasteiger partial charge >= 0.3 is 5.97 Å². The van der Waals surface area contributed by atoms with Gasteiger partial charge in [0, 0.05) is 35.3 Å². The van der Waals surface area contributed by atoms with E-state index in [0.29, 0.717) is 10.1 Å². The number of carbonyl (C=O) groups is 1. The van der Waals surface area contributed by atoms with Gasteiger partial charge < -0.3 is 10.8 Å². The molecule has 0 saturated heterocycles. The molecule has 0 fully saturated rings. The molecule has 0 aromatic heterocycles. The second-order valence-corrected chi connectivity index (χ2v) is 3.15. The third-order valence-electron chi connectivity index (χ3n) is 0.560. The minimum atomic E-state index is -0.821. The topological polar surface area (TPSA) is 63.3 Å². The fourth-order valence-corrected chi connectivity index (χ4v) is 0.967. The van der Waals surface area contributed by atoms with Crippen molar-refractivity contribution in [3.05, 3.63) is 0 Å². The molecule has 3 nitrogen and oxygen atoms in total. The molecule has 0 bridgehead atoms. The Morgan fingerprint density at radius 3 is 2.50 bits per heavy atom. The van der Waals surface area contributed by atoms with Crippen molar-refractivity contribution in [3.63, 3.8) is 0 Å². The maximum Gasteiger partial charge on any atom is 0.304 e. The zero-order valence-corrected chi connectivity index (χ0v) is 9.30. The van der Waals surface area contributed by atoms with Crippen molar-refractivity contribution in [3.8, 4) is 0 Å². The summed E-state index contributed by atoms with van der Waals surface area (Å²) < 4.78 is 0.302. The Kier molecular flexibility index (Phi) is 10.4. The summed E-state index contributed by atoms with van der Waals surface area (Å²) in [5.74, 6) is -0.358. The van der Waals surface area contributed by atoms with Crippen molar-refractivity contribution in [2.24, 2.45) is 5.73 Å². The molecule has 0 amide bonds. The van der Waals surface area contributed by atoms with Gasteiger partial charge in [0.2, 0.25) is 0 Å². The summed E-state index contributed by atoms with van der Waals surface area (Å²) in [6.45, 7) is 0. The fourth-order valence-electron chi connectivity index (χ4n) is 0.239. The molecule has 10 heavy (non-hydrogen) atoms. The van der Waals surface area contributed by atoms with Crippen LogP contribution in [0, 0.1) is 0 Å². The van der Waals surface area contributed by atoms with Crippen LogP contribution in [0.15, 0.2) is 0 Å². The van der Waals surface area contributed by atoms with Crippen LogP contribution in [-0.4, -0.2) is 50.7 Å². The van der Waals surface area contributed by atoms with Crippen LogP contribution in [0.4, 0.5) is 0 Å². The Bertz CT molecular complexity index is 116. The van der Waals surface area contributed by atoms with Crippen LogP contribution in [-0.2, 0) is 4.79 Å². The van der Waals surface area contributed by atoms with E-state index in [-0.39, 0.29) is 36.0 Å². The van der Waals surface area contributed by atoms with Gasteiger partial charge in [0.1, 0.15) is 4.32 Å². The molecular weight excluding hydrogens is 181 g/mol. The van der Waals surface area contributed by atoms with Crippen molar-refractivity contribution >= 4 is 63.8 Å². The number of nitrogens with two attached hydrogens (primary N) is 1. The van der Waals surface area contributed by atoms with Crippen LogP contribution in [0.5, 0.6) is 0 Å². The molecule has 1 radical (unpaired) electrons. The maximum absolute atomic E-state index is 9.88. The first-order valence-corrected chi connectivity index (χ1v) is 3.66. The minimum Gasteiger partial charge on any atom is -0.481 e. The van der Waals surface area contributed by atoms with Gasteiger partial charge in [0.25, 0.3) is 0 Å². The zero-order chi connectivity index (χ0) is 7.28. The molecule has 0 aromatic carbocycles. The van der Waals surface area contributed by atoms with Crippen LogP contribution >= 0.6 is 24.0 Å². The number of thiocarbonyl (C=S) groups is 1. The average Bonchev–Trinajstić information content (AvgIpc) is 1.63. The van der Waals surface area contributed by atoms with Gasteiger partial charge in [0.15, 0.2) is 0 Å². The first-order valence-electron chi connectivity index (χ1n) is 2.27. The molecule has 53 valence electrons. The molecule has 0 spiro atoms. The smallest absolute Gasteiger partial charge is 0.304 e. The molecule has 0 saturated carbocycles. The predicted octanol–water partition coefficient (Wildman–Crippen LogP) is 0.0571. The standard InChI is InChI=1S/C4H7NO2S2.Na/c5-4(8)9-2-1-3(6)7;/h1-2H2,(H2,5,8)(H,6,7);. The molecule has 6 heteroatoms. The third-order valence-corrected chi connectivity index (χ3v) is 1.61. The average molecular weight is 188 g/mol. The third kappa shape index (κ3) is 11.5. The van der Waals surface area contributed by atoms with E-state index in [1.165, 1.54) is 11.8 Å². The number of carboxylic acids is 1. The molecule has 0 unspecified atom stereocenters. The van der Waals surface area contributed by atoms with Crippen LogP contribution in [0.3, 0.4) is 0 Å². The summed E-state index contributed by atoms with van der Waals surface area (Å²) >= 11 is 5.68. The zero-order valence-electron chi connectivity index (χ0n) is 5.66. The molecule has 0 atom stereocenters. The van der Waals surface area contributed by atoms with E-state index < -0.39 is 5.97 Å². The van der Waals surface area contributed by atoms with Crippen molar-refractivity contribution in [1.82, 2.24) is 0 Å². The first kappa shape index (κ1) is 13.3. The number of carboxylic acid groups (broad SMARTS) is 1. The van der Waals surface area contributed by atoms with E-state index in [9.17, 15) is 4.79 Å². The monoisotopic (exact) mass is 188 g/mol. The Morgan fingerprint density at radius 1 is 1.70 bits per heavy atom. The molecular formula is C4H7NNaO2S2. The quantitative estimate of drug-likeness (QED) is 0.484.